The first kappa shape index (κ1) is 13.0. The van der Waals surface area contributed by atoms with Crippen molar-refractivity contribution < 1.29 is 4.79 Å². The van der Waals surface area contributed by atoms with E-state index < -0.39 is 0 Å². The fraction of sp³-hybridized carbons (Fsp3) is 0.571. The molecule has 4 nitrogen and oxygen atoms in total. The van der Waals surface area contributed by atoms with Crippen LogP contribution in [0.3, 0.4) is 0 Å². The SMILES string of the molecule is CC(=O)c1ccnc(N2CCC(N(C)C)CC2)c1. The van der Waals surface area contributed by atoms with Gasteiger partial charge in [-0.15, -0.1) is 0 Å². The Balaban J connectivity index is 2.05. The molecule has 0 saturated carbocycles. The van der Waals surface area contributed by atoms with Gasteiger partial charge in [-0.2, -0.15) is 0 Å². The van der Waals surface area contributed by atoms with E-state index in [4.69, 9.17) is 0 Å². The Morgan fingerprint density at radius 3 is 2.61 bits per heavy atom. The van der Waals surface area contributed by atoms with Gasteiger partial charge in [-0.05, 0) is 46.0 Å². The molecule has 0 spiro atoms. The van der Waals surface area contributed by atoms with Gasteiger partial charge in [-0.3, -0.25) is 4.79 Å². The van der Waals surface area contributed by atoms with Crippen LogP contribution in [0.15, 0.2) is 18.3 Å². The van der Waals surface area contributed by atoms with Crippen molar-refractivity contribution in [3.8, 4) is 0 Å². The Hall–Kier alpha value is -1.42. The van der Waals surface area contributed by atoms with Crippen molar-refractivity contribution in [2.45, 2.75) is 25.8 Å². The molecule has 0 atom stereocenters. The van der Waals surface area contributed by atoms with E-state index >= 15 is 0 Å². The third-order valence-electron chi connectivity index (χ3n) is 3.67. The van der Waals surface area contributed by atoms with Gasteiger partial charge in [0, 0.05) is 30.9 Å². The van der Waals surface area contributed by atoms with Gasteiger partial charge in [0.15, 0.2) is 5.78 Å². The molecule has 1 aliphatic rings. The average molecular weight is 247 g/mol. The van der Waals surface area contributed by atoms with E-state index in [2.05, 4.69) is 28.9 Å². The van der Waals surface area contributed by atoms with Crippen molar-refractivity contribution in [2.75, 3.05) is 32.1 Å². The van der Waals surface area contributed by atoms with Crippen LogP contribution < -0.4 is 4.90 Å². The Bertz CT molecular complexity index is 423. The van der Waals surface area contributed by atoms with Gasteiger partial charge in [0.05, 0.1) is 0 Å². The number of carbonyl (C=O) groups excluding carboxylic acids is 1. The first-order chi connectivity index (χ1) is 8.58. The highest BCUT2D eigenvalue weighted by atomic mass is 16.1. The highest BCUT2D eigenvalue weighted by Gasteiger charge is 2.21. The second-order valence-corrected chi connectivity index (χ2v) is 5.14. The lowest BCUT2D eigenvalue weighted by Crippen LogP contribution is -2.42. The molecule has 0 unspecified atom stereocenters. The van der Waals surface area contributed by atoms with Crippen LogP contribution in [0, 0.1) is 0 Å². The summed E-state index contributed by atoms with van der Waals surface area (Å²) < 4.78 is 0. The molecule has 1 aromatic rings. The predicted octanol–water partition coefficient (Wildman–Crippen LogP) is 1.81. The maximum atomic E-state index is 11.4. The number of hydrogen-bond donors (Lipinski definition) is 0. The van der Waals surface area contributed by atoms with Gasteiger partial charge in [-0.1, -0.05) is 0 Å². The van der Waals surface area contributed by atoms with E-state index in [-0.39, 0.29) is 5.78 Å². The van der Waals surface area contributed by atoms with Gasteiger partial charge >= 0.3 is 0 Å². The van der Waals surface area contributed by atoms with Crippen LogP contribution >= 0.6 is 0 Å². The largest absolute Gasteiger partial charge is 0.356 e. The van der Waals surface area contributed by atoms with Crippen molar-refractivity contribution >= 4 is 11.6 Å². The normalized spacial score (nSPS) is 17.2. The molecule has 0 aromatic carbocycles. The summed E-state index contributed by atoms with van der Waals surface area (Å²) in [5.41, 5.74) is 0.745. The van der Waals surface area contributed by atoms with E-state index in [0.29, 0.717) is 6.04 Å². The molecule has 2 heterocycles. The molecular formula is C14H21N3O. The fourth-order valence-electron chi connectivity index (χ4n) is 2.42. The maximum absolute atomic E-state index is 11.4. The van der Waals surface area contributed by atoms with E-state index in [9.17, 15) is 4.79 Å². The minimum Gasteiger partial charge on any atom is -0.356 e. The third-order valence-corrected chi connectivity index (χ3v) is 3.67. The zero-order chi connectivity index (χ0) is 13.1. The molecular weight excluding hydrogens is 226 g/mol. The molecule has 2 rings (SSSR count). The predicted molar refractivity (Wildman–Crippen MR) is 73.2 cm³/mol. The van der Waals surface area contributed by atoms with Crippen LogP contribution in [0.2, 0.25) is 0 Å². The smallest absolute Gasteiger partial charge is 0.159 e. The molecule has 1 saturated heterocycles. The molecule has 98 valence electrons. The second-order valence-electron chi connectivity index (χ2n) is 5.14. The minimum atomic E-state index is 0.0989. The monoisotopic (exact) mass is 247 g/mol. The quantitative estimate of drug-likeness (QED) is 0.763. The van der Waals surface area contributed by atoms with E-state index in [1.54, 1.807) is 19.2 Å². The zero-order valence-corrected chi connectivity index (χ0v) is 11.4. The number of ketones is 1. The minimum absolute atomic E-state index is 0.0989. The van der Waals surface area contributed by atoms with Crippen LogP contribution in [0.4, 0.5) is 5.82 Å². The molecule has 0 bridgehead atoms. The van der Waals surface area contributed by atoms with Crippen LogP contribution in [0.25, 0.3) is 0 Å². The summed E-state index contributed by atoms with van der Waals surface area (Å²) in [6.07, 6.45) is 4.03. The molecule has 1 aromatic heterocycles. The van der Waals surface area contributed by atoms with Crippen molar-refractivity contribution in [1.82, 2.24) is 9.88 Å². The Labute approximate surface area is 109 Å². The van der Waals surface area contributed by atoms with Crippen LogP contribution in [0.5, 0.6) is 0 Å². The number of aromatic nitrogens is 1. The summed E-state index contributed by atoms with van der Waals surface area (Å²) in [5.74, 6) is 1.03. The van der Waals surface area contributed by atoms with Gasteiger partial charge < -0.3 is 9.80 Å². The van der Waals surface area contributed by atoms with Crippen molar-refractivity contribution in [3.05, 3.63) is 23.9 Å². The summed E-state index contributed by atoms with van der Waals surface area (Å²) in [6, 6.07) is 4.34. The lowest BCUT2D eigenvalue weighted by Gasteiger charge is -2.35. The number of hydrogen-bond acceptors (Lipinski definition) is 4. The first-order valence-corrected chi connectivity index (χ1v) is 6.46. The van der Waals surface area contributed by atoms with Gasteiger partial charge in [0.2, 0.25) is 0 Å². The van der Waals surface area contributed by atoms with Gasteiger partial charge in [0.25, 0.3) is 0 Å². The number of nitrogens with zero attached hydrogens (tertiary/aromatic N) is 3. The second kappa shape index (κ2) is 5.48. The van der Waals surface area contributed by atoms with Gasteiger partial charge in [0.1, 0.15) is 5.82 Å². The van der Waals surface area contributed by atoms with Crippen molar-refractivity contribution in [1.29, 1.82) is 0 Å². The summed E-state index contributed by atoms with van der Waals surface area (Å²) in [5, 5.41) is 0. The number of piperidine rings is 1. The number of carbonyl (C=O) groups is 1. The first-order valence-electron chi connectivity index (χ1n) is 6.46. The molecule has 4 heteroatoms. The lowest BCUT2D eigenvalue weighted by atomic mass is 10.0. The van der Waals surface area contributed by atoms with E-state index in [1.165, 1.54) is 0 Å². The van der Waals surface area contributed by atoms with E-state index in [0.717, 1.165) is 37.3 Å². The number of pyridine rings is 1. The zero-order valence-electron chi connectivity index (χ0n) is 11.4. The number of anilines is 1. The van der Waals surface area contributed by atoms with Crippen LogP contribution in [-0.4, -0.2) is 48.9 Å². The Morgan fingerprint density at radius 2 is 2.06 bits per heavy atom. The molecule has 0 amide bonds. The summed E-state index contributed by atoms with van der Waals surface area (Å²) in [6.45, 7) is 3.62. The van der Waals surface area contributed by atoms with Crippen LogP contribution in [-0.2, 0) is 0 Å². The van der Waals surface area contributed by atoms with Crippen LogP contribution in [0.1, 0.15) is 30.1 Å². The third kappa shape index (κ3) is 2.88. The maximum Gasteiger partial charge on any atom is 0.159 e. The Kier molecular flexibility index (Phi) is 3.97. The van der Waals surface area contributed by atoms with Crippen molar-refractivity contribution in [3.63, 3.8) is 0 Å². The molecule has 0 radical (unpaired) electrons. The number of rotatable bonds is 3. The standard InChI is InChI=1S/C14H21N3O/c1-11(18)12-4-7-15-14(10-12)17-8-5-13(6-9-17)16(2)3/h4,7,10,13H,5-6,8-9H2,1-3H3. The Morgan fingerprint density at radius 1 is 1.39 bits per heavy atom. The number of Topliss-reactive ketones (excluding diaryl/α,β-unsaturated/α-hetero) is 1. The van der Waals surface area contributed by atoms with Crippen molar-refractivity contribution in [2.24, 2.45) is 0 Å². The van der Waals surface area contributed by atoms with Gasteiger partial charge in [-0.25, -0.2) is 4.98 Å². The molecule has 0 aliphatic carbocycles. The molecule has 0 N–H and O–H groups in total. The highest BCUT2D eigenvalue weighted by molar-refractivity contribution is 5.94. The highest BCUT2D eigenvalue weighted by Crippen LogP contribution is 2.20. The summed E-state index contributed by atoms with van der Waals surface area (Å²) in [7, 11) is 4.27. The topological polar surface area (TPSA) is 36.4 Å². The molecule has 18 heavy (non-hydrogen) atoms. The fourth-order valence-corrected chi connectivity index (χ4v) is 2.42. The summed E-state index contributed by atoms with van der Waals surface area (Å²) in [4.78, 5) is 20.3. The molecule has 1 fully saturated rings. The lowest BCUT2D eigenvalue weighted by molar-refractivity contribution is 0.101. The average Bonchev–Trinajstić information content (AvgIpc) is 2.39. The van der Waals surface area contributed by atoms with E-state index in [1.807, 2.05) is 6.07 Å². The molecule has 1 aliphatic heterocycles. The summed E-state index contributed by atoms with van der Waals surface area (Å²) >= 11 is 0.